The van der Waals surface area contributed by atoms with Crippen molar-refractivity contribution in [2.24, 2.45) is 0 Å². The van der Waals surface area contributed by atoms with Gasteiger partial charge in [0.25, 0.3) is 0 Å². The quantitative estimate of drug-likeness (QED) is 0.798. The molecule has 1 aromatic rings. The smallest absolute Gasteiger partial charge is 0.229 e. The molecule has 2 fully saturated rings. The second-order valence-corrected chi connectivity index (χ2v) is 10.2. The Balaban J connectivity index is 1.92. The van der Waals surface area contributed by atoms with Crippen LogP contribution >= 0.6 is 0 Å². The van der Waals surface area contributed by atoms with E-state index < -0.39 is 37.6 Å². The summed E-state index contributed by atoms with van der Waals surface area (Å²) >= 11 is 0. The Bertz CT molecular complexity index is 828. The molecule has 1 saturated heterocycles. The Morgan fingerprint density at radius 1 is 1.00 bits per heavy atom. The van der Waals surface area contributed by atoms with E-state index in [0.717, 1.165) is 24.3 Å². The summed E-state index contributed by atoms with van der Waals surface area (Å²) in [5, 5.41) is 0. The minimum absolute atomic E-state index is 0.0661. The van der Waals surface area contributed by atoms with Crippen LogP contribution in [0.15, 0.2) is 29.2 Å². The maximum Gasteiger partial charge on any atom is 0.416 e. The zero-order valence-electron chi connectivity index (χ0n) is 12.5. The Kier molecular flexibility index (Phi) is 4.20. The Morgan fingerprint density at radius 2 is 1.58 bits per heavy atom. The average Bonchev–Trinajstić information content (AvgIpc) is 3.22. The molecule has 0 N–H and O–H groups in total. The molecule has 1 aromatic carbocycles. The van der Waals surface area contributed by atoms with E-state index in [4.69, 9.17) is 0 Å². The third-order valence-corrected chi connectivity index (χ3v) is 8.00. The molecule has 0 aromatic heterocycles. The maximum absolute atomic E-state index is 12.8. The Hall–Kier alpha value is -1.13. The molecule has 1 aliphatic heterocycles. The van der Waals surface area contributed by atoms with Crippen molar-refractivity contribution in [3.05, 3.63) is 29.8 Å². The van der Waals surface area contributed by atoms with Gasteiger partial charge in [-0.2, -0.15) is 17.5 Å². The SMILES string of the molecule is O=S1(=O)CCC(N(C2CC2)S(=O)(=O)c2ccc(C(F)(F)F)cc2)C1. The standard InChI is InChI=1S/C14H16F3NO4S2/c15-14(16,17)10-1-5-13(6-2-10)24(21,22)18(11-3-4-11)12-7-8-23(19,20)9-12/h1-2,5-6,11-12H,3-4,7-9H2. The molecule has 0 radical (unpaired) electrons. The summed E-state index contributed by atoms with van der Waals surface area (Å²) in [5.41, 5.74) is -0.928. The van der Waals surface area contributed by atoms with Gasteiger partial charge in [-0.1, -0.05) is 0 Å². The van der Waals surface area contributed by atoms with E-state index in [1.54, 1.807) is 0 Å². The van der Waals surface area contributed by atoms with Crippen molar-refractivity contribution in [2.45, 2.75) is 42.4 Å². The van der Waals surface area contributed by atoms with Gasteiger partial charge in [0.15, 0.2) is 9.84 Å². The van der Waals surface area contributed by atoms with Crippen LogP contribution in [0.25, 0.3) is 0 Å². The summed E-state index contributed by atoms with van der Waals surface area (Å²) < 4.78 is 88.0. The van der Waals surface area contributed by atoms with Crippen molar-refractivity contribution in [3.63, 3.8) is 0 Å². The van der Waals surface area contributed by atoms with Gasteiger partial charge in [0, 0.05) is 12.1 Å². The first-order chi connectivity index (χ1) is 11.0. The minimum atomic E-state index is -4.54. The number of sulfonamides is 1. The maximum atomic E-state index is 12.8. The van der Waals surface area contributed by atoms with Crippen molar-refractivity contribution in [2.75, 3.05) is 11.5 Å². The van der Waals surface area contributed by atoms with E-state index in [1.165, 1.54) is 4.31 Å². The molecule has 2 aliphatic rings. The van der Waals surface area contributed by atoms with Crippen LogP contribution in [0.4, 0.5) is 13.2 Å². The van der Waals surface area contributed by atoms with Gasteiger partial charge in [-0.05, 0) is 43.5 Å². The van der Waals surface area contributed by atoms with Crippen molar-refractivity contribution < 1.29 is 30.0 Å². The Morgan fingerprint density at radius 3 is 2.00 bits per heavy atom. The normalized spacial score (nSPS) is 24.4. The number of hydrogen-bond donors (Lipinski definition) is 0. The van der Waals surface area contributed by atoms with Crippen molar-refractivity contribution >= 4 is 19.9 Å². The number of rotatable bonds is 4. The molecule has 10 heteroatoms. The lowest BCUT2D eigenvalue weighted by molar-refractivity contribution is -0.137. The van der Waals surface area contributed by atoms with Gasteiger partial charge >= 0.3 is 6.18 Å². The number of halogens is 3. The summed E-state index contributed by atoms with van der Waals surface area (Å²) in [4.78, 5) is -0.244. The summed E-state index contributed by atoms with van der Waals surface area (Å²) in [6.45, 7) is 0. The molecule has 1 unspecified atom stereocenters. The van der Waals surface area contributed by atoms with Crippen LogP contribution in [0.5, 0.6) is 0 Å². The zero-order valence-corrected chi connectivity index (χ0v) is 14.2. The number of benzene rings is 1. The van der Waals surface area contributed by atoms with E-state index in [0.29, 0.717) is 12.8 Å². The second-order valence-electron chi connectivity index (χ2n) is 6.15. The van der Waals surface area contributed by atoms with Crippen LogP contribution < -0.4 is 0 Å². The molecule has 1 heterocycles. The first kappa shape index (κ1) is 17.7. The summed E-state index contributed by atoms with van der Waals surface area (Å²) in [6, 6.07) is 2.39. The first-order valence-electron chi connectivity index (χ1n) is 7.42. The van der Waals surface area contributed by atoms with Gasteiger partial charge in [-0.15, -0.1) is 0 Å². The fourth-order valence-corrected chi connectivity index (χ4v) is 6.64. The largest absolute Gasteiger partial charge is 0.416 e. The highest BCUT2D eigenvalue weighted by molar-refractivity contribution is 7.92. The van der Waals surface area contributed by atoms with Crippen molar-refractivity contribution in [3.8, 4) is 0 Å². The summed E-state index contributed by atoms with van der Waals surface area (Å²) in [5.74, 6) is -0.299. The first-order valence-corrected chi connectivity index (χ1v) is 10.7. The monoisotopic (exact) mass is 383 g/mol. The molecule has 1 aliphatic carbocycles. The van der Waals surface area contributed by atoms with E-state index in [-0.39, 0.29) is 28.9 Å². The molecule has 0 bridgehead atoms. The van der Waals surface area contributed by atoms with Gasteiger partial charge < -0.3 is 0 Å². The molecule has 1 atom stereocenters. The molecule has 1 saturated carbocycles. The van der Waals surface area contributed by atoms with Gasteiger partial charge in [0.2, 0.25) is 10.0 Å². The van der Waals surface area contributed by atoms with Gasteiger partial charge in [-0.3, -0.25) is 0 Å². The van der Waals surface area contributed by atoms with Crippen LogP contribution in [0.3, 0.4) is 0 Å². The van der Waals surface area contributed by atoms with Crippen LogP contribution in [0.2, 0.25) is 0 Å². The lowest BCUT2D eigenvalue weighted by atomic mass is 10.2. The van der Waals surface area contributed by atoms with Crippen molar-refractivity contribution in [1.29, 1.82) is 0 Å². The highest BCUT2D eigenvalue weighted by Gasteiger charge is 2.46. The number of hydrogen-bond acceptors (Lipinski definition) is 4. The number of alkyl halides is 3. The minimum Gasteiger partial charge on any atom is -0.229 e. The van der Waals surface area contributed by atoms with Crippen LogP contribution in [0.1, 0.15) is 24.8 Å². The molecule has 3 rings (SSSR count). The third-order valence-electron chi connectivity index (χ3n) is 4.23. The highest BCUT2D eigenvalue weighted by atomic mass is 32.2. The van der Waals surface area contributed by atoms with E-state index >= 15 is 0 Å². The van der Waals surface area contributed by atoms with E-state index in [2.05, 4.69) is 0 Å². The lowest BCUT2D eigenvalue weighted by Crippen LogP contribution is -2.42. The predicted octanol–water partition coefficient (Wildman–Crippen LogP) is 2.05. The number of nitrogens with zero attached hydrogens (tertiary/aromatic N) is 1. The fourth-order valence-electron chi connectivity index (χ4n) is 2.93. The summed E-state index contributed by atoms with van der Waals surface area (Å²) in [7, 11) is -7.30. The molecule has 0 amide bonds. The summed E-state index contributed by atoms with van der Waals surface area (Å²) in [6.07, 6.45) is -3.05. The van der Waals surface area contributed by atoms with E-state index in [9.17, 15) is 30.0 Å². The fraction of sp³-hybridized carbons (Fsp3) is 0.571. The zero-order chi connectivity index (χ0) is 17.8. The number of sulfone groups is 1. The highest BCUT2D eigenvalue weighted by Crippen LogP contribution is 2.37. The molecule has 24 heavy (non-hydrogen) atoms. The molecule has 0 spiro atoms. The van der Waals surface area contributed by atoms with Gasteiger partial charge in [0.05, 0.1) is 22.0 Å². The van der Waals surface area contributed by atoms with E-state index in [1.807, 2.05) is 0 Å². The van der Waals surface area contributed by atoms with Crippen LogP contribution in [-0.4, -0.2) is 44.7 Å². The molecule has 134 valence electrons. The van der Waals surface area contributed by atoms with Gasteiger partial charge in [-0.25, -0.2) is 16.8 Å². The molecular weight excluding hydrogens is 367 g/mol. The lowest BCUT2D eigenvalue weighted by Gasteiger charge is -2.27. The van der Waals surface area contributed by atoms with Crippen LogP contribution in [0, 0.1) is 0 Å². The second kappa shape index (κ2) is 5.70. The van der Waals surface area contributed by atoms with Crippen LogP contribution in [-0.2, 0) is 26.0 Å². The predicted molar refractivity (Wildman–Crippen MR) is 80.5 cm³/mol. The molecular formula is C14H16F3NO4S2. The molecule has 5 nitrogen and oxygen atoms in total. The third kappa shape index (κ3) is 3.45. The topological polar surface area (TPSA) is 71.5 Å². The van der Waals surface area contributed by atoms with Crippen molar-refractivity contribution in [1.82, 2.24) is 4.31 Å². The average molecular weight is 383 g/mol. The Labute approximate surface area is 138 Å². The van der Waals surface area contributed by atoms with Gasteiger partial charge in [0.1, 0.15) is 0 Å².